The highest BCUT2D eigenvalue weighted by Crippen LogP contribution is 2.28. The van der Waals surface area contributed by atoms with Gasteiger partial charge in [0, 0.05) is 12.2 Å². The highest BCUT2D eigenvalue weighted by molar-refractivity contribution is 5.94. The van der Waals surface area contributed by atoms with Gasteiger partial charge in [-0.05, 0) is 55.9 Å². The molecule has 0 aliphatic carbocycles. The maximum atomic E-state index is 12.5. The maximum absolute atomic E-state index is 12.5. The first-order valence-electron chi connectivity index (χ1n) is 8.20. The maximum Gasteiger partial charge on any atom is 0.241 e. The summed E-state index contributed by atoms with van der Waals surface area (Å²) in [5, 5.41) is 11.7. The van der Waals surface area contributed by atoms with E-state index in [-0.39, 0.29) is 11.9 Å². The number of anilines is 1. The third-order valence-electron chi connectivity index (χ3n) is 4.20. The normalized spacial score (nSPS) is 11.5. The number of rotatable bonds is 7. The molecule has 2 aromatic rings. The zero-order valence-electron chi connectivity index (χ0n) is 15.4. The average molecular weight is 353 g/mol. The third-order valence-corrected chi connectivity index (χ3v) is 4.20. The lowest BCUT2D eigenvalue weighted by atomic mass is 10.1. The van der Waals surface area contributed by atoms with Crippen LogP contribution in [0.1, 0.15) is 18.1 Å². The standard InChI is InChI=1S/C20H23N3O3/c1-14(20(24)22-17-8-5-15(12-21)6-9-17)23(2)13-16-7-10-18(25-3)19(11-16)26-4/h5-11,14H,13H2,1-4H3,(H,22,24)/t14-/m1/s1. The van der Waals surface area contributed by atoms with Crippen LogP contribution >= 0.6 is 0 Å². The van der Waals surface area contributed by atoms with Crippen molar-refractivity contribution in [3.05, 3.63) is 53.6 Å². The first kappa shape index (κ1) is 19.3. The molecule has 1 N–H and O–H groups in total. The van der Waals surface area contributed by atoms with E-state index in [0.717, 1.165) is 5.56 Å². The van der Waals surface area contributed by atoms with Gasteiger partial charge in [-0.1, -0.05) is 6.07 Å². The zero-order chi connectivity index (χ0) is 19.1. The number of ether oxygens (including phenoxy) is 2. The molecule has 26 heavy (non-hydrogen) atoms. The molecule has 136 valence electrons. The fraction of sp³-hybridized carbons (Fsp3) is 0.300. The molecule has 0 saturated carbocycles. The van der Waals surface area contributed by atoms with Crippen molar-refractivity contribution in [2.75, 3.05) is 26.6 Å². The number of hydrogen-bond donors (Lipinski definition) is 1. The lowest BCUT2D eigenvalue weighted by Crippen LogP contribution is -2.39. The van der Waals surface area contributed by atoms with Crippen LogP contribution in [0.3, 0.4) is 0 Å². The second-order valence-corrected chi connectivity index (χ2v) is 5.96. The number of benzene rings is 2. The van der Waals surface area contributed by atoms with Crippen molar-refractivity contribution >= 4 is 11.6 Å². The van der Waals surface area contributed by atoms with Gasteiger partial charge in [0.1, 0.15) is 0 Å². The Morgan fingerprint density at radius 1 is 1.15 bits per heavy atom. The van der Waals surface area contributed by atoms with Crippen LogP contribution in [0.25, 0.3) is 0 Å². The van der Waals surface area contributed by atoms with E-state index in [4.69, 9.17) is 14.7 Å². The number of hydrogen-bond acceptors (Lipinski definition) is 5. The van der Waals surface area contributed by atoms with E-state index in [0.29, 0.717) is 29.3 Å². The molecular weight excluding hydrogens is 330 g/mol. The van der Waals surface area contributed by atoms with Gasteiger partial charge < -0.3 is 14.8 Å². The number of amides is 1. The Labute approximate surface area is 153 Å². The largest absolute Gasteiger partial charge is 0.493 e. The van der Waals surface area contributed by atoms with Crippen LogP contribution in [0.2, 0.25) is 0 Å². The molecule has 0 bridgehead atoms. The second kappa shape index (κ2) is 8.88. The van der Waals surface area contributed by atoms with Gasteiger partial charge in [0.2, 0.25) is 5.91 Å². The summed E-state index contributed by atoms with van der Waals surface area (Å²) in [7, 11) is 5.08. The minimum atomic E-state index is -0.335. The number of likely N-dealkylation sites (N-methyl/N-ethyl adjacent to an activating group) is 1. The number of carbonyl (C=O) groups is 1. The van der Waals surface area contributed by atoms with Gasteiger partial charge in [-0.2, -0.15) is 5.26 Å². The minimum absolute atomic E-state index is 0.113. The van der Waals surface area contributed by atoms with Gasteiger partial charge in [-0.15, -0.1) is 0 Å². The predicted molar refractivity (Wildman–Crippen MR) is 100 cm³/mol. The lowest BCUT2D eigenvalue weighted by Gasteiger charge is -2.24. The van der Waals surface area contributed by atoms with Crippen LogP contribution in [0, 0.1) is 11.3 Å². The average Bonchev–Trinajstić information content (AvgIpc) is 2.67. The molecule has 0 spiro atoms. The van der Waals surface area contributed by atoms with Gasteiger partial charge >= 0.3 is 0 Å². The van der Waals surface area contributed by atoms with Crippen LogP contribution in [-0.2, 0) is 11.3 Å². The van der Waals surface area contributed by atoms with Crippen molar-refractivity contribution in [1.82, 2.24) is 4.90 Å². The second-order valence-electron chi connectivity index (χ2n) is 5.96. The Balaban J connectivity index is 2.00. The van der Waals surface area contributed by atoms with E-state index in [9.17, 15) is 4.79 Å². The Morgan fingerprint density at radius 2 is 1.81 bits per heavy atom. The summed E-state index contributed by atoms with van der Waals surface area (Å²) in [5.74, 6) is 1.22. The van der Waals surface area contributed by atoms with Crippen LogP contribution in [-0.4, -0.2) is 38.1 Å². The van der Waals surface area contributed by atoms with Crippen molar-refractivity contribution in [3.8, 4) is 17.6 Å². The summed E-state index contributed by atoms with van der Waals surface area (Å²) in [6, 6.07) is 14.2. The van der Waals surface area contributed by atoms with E-state index in [2.05, 4.69) is 11.4 Å². The molecular formula is C20H23N3O3. The molecule has 6 heteroatoms. The summed E-state index contributed by atoms with van der Waals surface area (Å²) in [6.45, 7) is 2.43. The minimum Gasteiger partial charge on any atom is -0.493 e. The fourth-order valence-electron chi connectivity index (χ4n) is 2.48. The monoisotopic (exact) mass is 353 g/mol. The highest BCUT2D eigenvalue weighted by atomic mass is 16.5. The molecule has 0 aliphatic heterocycles. The van der Waals surface area contributed by atoms with Crippen LogP contribution < -0.4 is 14.8 Å². The van der Waals surface area contributed by atoms with Crippen molar-refractivity contribution in [3.63, 3.8) is 0 Å². The molecule has 2 aromatic carbocycles. The summed E-state index contributed by atoms with van der Waals surface area (Å²) in [6.07, 6.45) is 0. The van der Waals surface area contributed by atoms with E-state index >= 15 is 0 Å². The van der Waals surface area contributed by atoms with E-state index < -0.39 is 0 Å². The summed E-state index contributed by atoms with van der Waals surface area (Å²) in [4.78, 5) is 14.4. The molecule has 0 saturated heterocycles. The molecule has 0 heterocycles. The smallest absolute Gasteiger partial charge is 0.241 e. The number of nitrogens with zero attached hydrogens (tertiary/aromatic N) is 2. The third kappa shape index (κ3) is 4.74. The van der Waals surface area contributed by atoms with Gasteiger partial charge in [0.05, 0.1) is 31.9 Å². The molecule has 0 fully saturated rings. The van der Waals surface area contributed by atoms with E-state index in [1.54, 1.807) is 38.5 Å². The van der Waals surface area contributed by atoms with Gasteiger partial charge in [-0.25, -0.2) is 0 Å². The van der Waals surface area contributed by atoms with Crippen LogP contribution in [0.4, 0.5) is 5.69 Å². The zero-order valence-corrected chi connectivity index (χ0v) is 15.4. The summed E-state index contributed by atoms with van der Waals surface area (Å²) in [5.41, 5.74) is 2.24. The number of nitriles is 1. The summed E-state index contributed by atoms with van der Waals surface area (Å²) >= 11 is 0. The highest BCUT2D eigenvalue weighted by Gasteiger charge is 2.19. The number of nitrogens with one attached hydrogen (secondary N) is 1. The van der Waals surface area contributed by atoms with Crippen molar-refractivity contribution in [1.29, 1.82) is 5.26 Å². The SMILES string of the molecule is COc1ccc(CN(C)[C@H](C)C(=O)Nc2ccc(C#N)cc2)cc1OC. The first-order chi connectivity index (χ1) is 12.5. The fourth-order valence-corrected chi connectivity index (χ4v) is 2.48. The van der Waals surface area contributed by atoms with Crippen molar-refractivity contribution in [2.45, 2.75) is 19.5 Å². The molecule has 0 unspecified atom stereocenters. The lowest BCUT2D eigenvalue weighted by molar-refractivity contribution is -0.120. The number of methoxy groups -OCH3 is 2. The Hall–Kier alpha value is -3.04. The molecule has 6 nitrogen and oxygen atoms in total. The molecule has 1 atom stereocenters. The topological polar surface area (TPSA) is 74.6 Å². The molecule has 2 rings (SSSR count). The predicted octanol–water partition coefficient (Wildman–Crippen LogP) is 3.03. The molecule has 1 amide bonds. The van der Waals surface area contributed by atoms with Crippen LogP contribution in [0.15, 0.2) is 42.5 Å². The number of carbonyl (C=O) groups excluding carboxylic acids is 1. The summed E-state index contributed by atoms with van der Waals surface area (Å²) < 4.78 is 10.6. The molecule has 0 aromatic heterocycles. The molecule has 0 radical (unpaired) electrons. The molecule has 0 aliphatic rings. The van der Waals surface area contributed by atoms with Crippen LogP contribution in [0.5, 0.6) is 11.5 Å². The Kier molecular flexibility index (Phi) is 6.59. The van der Waals surface area contributed by atoms with E-state index in [1.165, 1.54) is 0 Å². The first-order valence-corrected chi connectivity index (χ1v) is 8.20. The Bertz CT molecular complexity index is 797. The van der Waals surface area contributed by atoms with Gasteiger partial charge in [-0.3, -0.25) is 9.69 Å². The van der Waals surface area contributed by atoms with Gasteiger partial charge in [0.25, 0.3) is 0 Å². The van der Waals surface area contributed by atoms with Crippen molar-refractivity contribution < 1.29 is 14.3 Å². The van der Waals surface area contributed by atoms with Gasteiger partial charge in [0.15, 0.2) is 11.5 Å². The Morgan fingerprint density at radius 3 is 2.38 bits per heavy atom. The quantitative estimate of drug-likeness (QED) is 0.828. The van der Waals surface area contributed by atoms with Crippen molar-refractivity contribution in [2.24, 2.45) is 0 Å². The van der Waals surface area contributed by atoms with E-state index in [1.807, 2.05) is 37.1 Å².